The Bertz CT molecular complexity index is 2510. The number of nitrogens with zero attached hydrogens (tertiary/aromatic N) is 2. The van der Waals surface area contributed by atoms with Crippen LogP contribution < -0.4 is 5.32 Å². The van der Waals surface area contributed by atoms with Gasteiger partial charge in [-0.1, -0.05) is 158 Å². The molecule has 0 amide bonds. The van der Waals surface area contributed by atoms with Crippen LogP contribution in [0, 0.1) is 0 Å². The summed E-state index contributed by atoms with van der Waals surface area (Å²) in [5, 5.41) is 6.23. The quantitative estimate of drug-likeness (QED) is 0.192. The lowest BCUT2D eigenvalue weighted by Gasteiger charge is -2.23. The number of nitrogens with one attached hydrogen (secondary N) is 1. The number of thiophene rings is 1. The monoisotopic (exact) mass is 645 g/mol. The van der Waals surface area contributed by atoms with Crippen LogP contribution >= 0.6 is 11.3 Å². The molecular formula is C45H31N3S. The molecule has 8 aromatic rings. The van der Waals surface area contributed by atoms with Crippen molar-refractivity contribution in [2.24, 2.45) is 9.98 Å². The van der Waals surface area contributed by atoms with Gasteiger partial charge in [-0.15, -0.1) is 11.3 Å². The number of rotatable bonds is 6. The van der Waals surface area contributed by atoms with Crippen molar-refractivity contribution in [2.75, 3.05) is 0 Å². The van der Waals surface area contributed by atoms with Gasteiger partial charge in [0.2, 0.25) is 0 Å². The Morgan fingerprint density at radius 2 is 0.959 bits per heavy atom. The van der Waals surface area contributed by atoms with E-state index >= 15 is 0 Å². The first-order valence-electron chi connectivity index (χ1n) is 16.5. The number of amidine groups is 2. The molecule has 9 rings (SSSR count). The second-order valence-corrected chi connectivity index (χ2v) is 13.3. The van der Waals surface area contributed by atoms with Crippen molar-refractivity contribution in [3.05, 3.63) is 193 Å². The molecule has 3 nitrogen and oxygen atoms in total. The Morgan fingerprint density at radius 1 is 0.408 bits per heavy atom. The zero-order chi connectivity index (χ0) is 32.6. The maximum absolute atomic E-state index is 5.25. The van der Waals surface area contributed by atoms with E-state index in [0.29, 0.717) is 0 Å². The van der Waals surface area contributed by atoms with E-state index in [-0.39, 0.29) is 0 Å². The van der Waals surface area contributed by atoms with Crippen LogP contribution in [0.4, 0.5) is 0 Å². The summed E-state index contributed by atoms with van der Waals surface area (Å²) in [4.78, 5) is 10.5. The van der Waals surface area contributed by atoms with Crippen LogP contribution in [0.15, 0.2) is 186 Å². The normalized spacial score (nSPS) is 14.3. The van der Waals surface area contributed by atoms with Crippen molar-refractivity contribution in [2.45, 2.75) is 6.17 Å². The summed E-state index contributed by atoms with van der Waals surface area (Å²) in [6.45, 7) is 0. The Hall–Kier alpha value is -6.10. The minimum Gasteiger partial charge on any atom is -0.324 e. The van der Waals surface area contributed by atoms with E-state index in [4.69, 9.17) is 9.98 Å². The van der Waals surface area contributed by atoms with Gasteiger partial charge in [0.1, 0.15) is 11.7 Å². The standard InChI is InChI=1S/C45H31N3S/c1-3-12-30(13-4-1)32-24-26-33(27-25-32)43-46-44(36-18-9-16-34(28-36)31-14-5-2-6-15-31)48-45(47-43)37-19-10-17-35(29-37)38-21-11-22-40-39-20-7-8-23-41(39)49-42(38)40/h1-29,44H,(H,46,47,48). The second-order valence-electron chi connectivity index (χ2n) is 12.3. The highest BCUT2D eigenvalue weighted by atomic mass is 32.1. The highest BCUT2D eigenvalue weighted by Crippen LogP contribution is 2.40. The van der Waals surface area contributed by atoms with E-state index in [1.807, 2.05) is 23.5 Å². The topological polar surface area (TPSA) is 36.8 Å². The van der Waals surface area contributed by atoms with Crippen LogP contribution in [-0.4, -0.2) is 11.7 Å². The molecule has 1 aliphatic heterocycles. The fourth-order valence-corrected chi connectivity index (χ4v) is 7.90. The molecule has 0 aliphatic carbocycles. The molecule has 1 unspecified atom stereocenters. The third-order valence-corrected chi connectivity index (χ3v) is 10.4. The Morgan fingerprint density at radius 3 is 1.76 bits per heavy atom. The molecule has 4 heteroatoms. The molecule has 0 saturated heterocycles. The molecule has 0 bridgehead atoms. The fourth-order valence-electron chi connectivity index (χ4n) is 6.66. The summed E-state index contributed by atoms with van der Waals surface area (Å²) in [7, 11) is 0. The van der Waals surface area contributed by atoms with Crippen molar-refractivity contribution in [3.63, 3.8) is 0 Å². The number of hydrogen-bond acceptors (Lipinski definition) is 4. The zero-order valence-electron chi connectivity index (χ0n) is 26.6. The maximum atomic E-state index is 5.25. The van der Waals surface area contributed by atoms with Gasteiger partial charge in [-0.05, 0) is 57.1 Å². The second kappa shape index (κ2) is 12.5. The summed E-state index contributed by atoms with van der Waals surface area (Å²) >= 11 is 1.85. The van der Waals surface area contributed by atoms with Crippen LogP contribution in [0.2, 0.25) is 0 Å². The molecule has 0 spiro atoms. The first kappa shape index (κ1) is 29.1. The largest absolute Gasteiger partial charge is 0.324 e. The zero-order valence-corrected chi connectivity index (χ0v) is 27.4. The van der Waals surface area contributed by atoms with Gasteiger partial charge in [-0.2, -0.15) is 0 Å². The summed E-state index contributed by atoms with van der Waals surface area (Å²) < 4.78 is 2.61. The van der Waals surface area contributed by atoms with Gasteiger partial charge in [0.05, 0.1) is 0 Å². The van der Waals surface area contributed by atoms with Crippen LogP contribution in [0.3, 0.4) is 0 Å². The van der Waals surface area contributed by atoms with E-state index in [1.165, 1.54) is 42.4 Å². The van der Waals surface area contributed by atoms with Gasteiger partial charge in [-0.3, -0.25) is 0 Å². The van der Waals surface area contributed by atoms with Gasteiger partial charge < -0.3 is 5.32 Å². The number of hydrogen-bond donors (Lipinski definition) is 1. The van der Waals surface area contributed by atoms with E-state index in [2.05, 4.69) is 169 Å². The average Bonchev–Trinajstić information content (AvgIpc) is 3.58. The number of aliphatic imine (C=N–C) groups is 2. The van der Waals surface area contributed by atoms with Crippen molar-refractivity contribution >= 4 is 43.2 Å². The summed E-state index contributed by atoms with van der Waals surface area (Å²) in [6, 6.07) is 62.2. The maximum Gasteiger partial charge on any atom is 0.169 e. The van der Waals surface area contributed by atoms with Crippen molar-refractivity contribution < 1.29 is 0 Å². The van der Waals surface area contributed by atoms with Gasteiger partial charge in [-0.25, -0.2) is 9.98 Å². The first-order valence-corrected chi connectivity index (χ1v) is 17.3. The van der Waals surface area contributed by atoms with Crippen LogP contribution in [0.25, 0.3) is 53.6 Å². The molecule has 0 saturated carbocycles. The SMILES string of the molecule is c1ccc(-c2ccc(C3=NC(c4cccc(-c5ccccc5)c4)N=C(c4cccc(-c5cccc6c5sc5ccccc56)c4)N3)cc2)cc1. The first-order chi connectivity index (χ1) is 24.3. The molecule has 49 heavy (non-hydrogen) atoms. The molecule has 1 aromatic heterocycles. The van der Waals surface area contributed by atoms with E-state index < -0.39 is 6.17 Å². The predicted molar refractivity (Wildman–Crippen MR) is 207 cm³/mol. The van der Waals surface area contributed by atoms with Crippen LogP contribution in [0.1, 0.15) is 22.9 Å². The van der Waals surface area contributed by atoms with Gasteiger partial charge in [0, 0.05) is 31.3 Å². The molecule has 0 fully saturated rings. The average molecular weight is 646 g/mol. The summed E-state index contributed by atoms with van der Waals surface area (Å²) in [5.74, 6) is 1.61. The van der Waals surface area contributed by atoms with E-state index in [9.17, 15) is 0 Å². The molecular weight excluding hydrogens is 615 g/mol. The Kier molecular flexibility index (Phi) is 7.41. The molecule has 1 atom stereocenters. The summed E-state index contributed by atoms with van der Waals surface area (Å²) in [5.41, 5.74) is 10.2. The Balaban J connectivity index is 1.13. The van der Waals surface area contributed by atoms with E-state index in [1.54, 1.807) is 0 Å². The lowest BCUT2D eigenvalue weighted by molar-refractivity contribution is 0.756. The third kappa shape index (κ3) is 5.62. The lowest BCUT2D eigenvalue weighted by Crippen LogP contribution is -2.36. The van der Waals surface area contributed by atoms with Crippen molar-refractivity contribution in [1.29, 1.82) is 0 Å². The highest BCUT2D eigenvalue weighted by molar-refractivity contribution is 7.26. The van der Waals surface area contributed by atoms with Gasteiger partial charge in [0.15, 0.2) is 6.17 Å². The minimum atomic E-state index is -0.404. The summed E-state index contributed by atoms with van der Waals surface area (Å²) in [6.07, 6.45) is -0.404. The van der Waals surface area contributed by atoms with Gasteiger partial charge >= 0.3 is 0 Å². The highest BCUT2D eigenvalue weighted by Gasteiger charge is 2.22. The molecule has 0 radical (unpaired) electrons. The molecule has 1 aliphatic rings. The molecule has 1 N–H and O–H groups in total. The third-order valence-electron chi connectivity index (χ3n) is 9.15. The smallest absolute Gasteiger partial charge is 0.169 e. The Labute approximate surface area is 289 Å². The molecule has 2 heterocycles. The molecule has 7 aromatic carbocycles. The van der Waals surface area contributed by atoms with E-state index in [0.717, 1.165) is 39.5 Å². The van der Waals surface area contributed by atoms with Crippen LogP contribution in [0.5, 0.6) is 0 Å². The minimum absolute atomic E-state index is 0.404. The number of benzene rings is 7. The van der Waals surface area contributed by atoms with Crippen molar-refractivity contribution in [1.82, 2.24) is 5.32 Å². The number of fused-ring (bicyclic) bond motifs is 3. The van der Waals surface area contributed by atoms with Crippen molar-refractivity contribution in [3.8, 4) is 33.4 Å². The molecule has 232 valence electrons. The predicted octanol–water partition coefficient (Wildman–Crippen LogP) is 11.6. The van der Waals surface area contributed by atoms with Crippen LogP contribution in [-0.2, 0) is 0 Å². The lowest BCUT2D eigenvalue weighted by atomic mass is 9.99. The van der Waals surface area contributed by atoms with Gasteiger partial charge in [0.25, 0.3) is 0 Å². The fraction of sp³-hybridized carbons (Fsp3) is 0.0222.